The highest BCUT2D eigenvalue weighted by Gasteiger charge is 2.38. The normalized spacial score (nSPS) is 21.5. The molecule has 10 nitrogen and oxygen atoms in total. The highest BCUT2D eigenvalue weighted by molar-refractivity contribution is 7.91. The summed E-state index contributed by atoms with van der Waals surface area (Å²) in [7, 11) is -1.67. The van der Waals surface area contributed by atoms with Gasteiger partial charge in [-0.1, -0.05) is 0 Å². The van der Waals surface area contributed by atoms with Crippen LogP contribution in [0.2, 0.25) is 0 Å². The van der Waals surface area contributed by atoms with E-state index in [1.54, 1.807) is 18.5 Å². The van der Waals surface area contributed by atoms with Crippen LogP contribution in [-0.4, -0.2) is 104 Å². The number of amides is 2. The van der Waals surface area contributed by atoms with Crippen molar-refractivity contribution in [2.75, 3.05) is 62.8 Å². The lowest BCUT2D eigenvalue weighted by molar-refractivity contribution is -0.153. The van der Waals surface area contributed by atoms with Crippen LogP contribution in [0.4, 0.5) is 5.95 Å². The molecule has 3 heterocycles. The summed E-state index contributed by atoms with van der Waals surface area (Å²) in [5.74, 6) is -0.732. The molecule has 0 aromatic carbocycles. The third kappa shape index (κ3) is 4.76. The summed E-state index contributed by atoms with van der Waals surface area (Å²) in [6.45, 7) is 2.25. The third-order valence-corrected chi connectivity index (χ3v) is 6.78. The fourth-order valence-electron chi connectivity index (χ4n) is 3.48. The zero-order valence-corrected chi connectivity index (χ0v) is 16.7. The quantitative estimate of drug-likeness (QED) is 0.555. The van der Waals surface area contributed by atoms with E-state index in [0.717, 1.165) is 0 Å². The van der Waals surface area contributed by atoms with E-state index < -0.39 is 27.7 Å². The molecule has 2 aliphatic heterocycles. The average Bonchev–Trinajstić information content (AvgIpc) is 3.08. The summed E-state index contributed by atoms with van der Waals surface area (Å²) in [5.41, 5.74) is 0. The molecule has 2 saturated heterocycles. The van der Waals surface area contributed by atoms with Gasteiger partial charge in [-0.05, 0) is 12.5 Å². The predicted octanol–water partition coefficient (Wildman–Crippen LogP) is -1.21. The SMILES string of the molecule is COCCN(C(=O)C(=O)N1CCN(c2ncccn2)CC1)C1CCS(=O)(=O)C1. The van der Waals surface area contributed by atoms with Gasteiger partial charge in [0.05, 0.1) is 18.1 Å². The van der Waals surface area contributed by atoms with Gasteiger partial charge in [-0.2, -0.15) is 0 Å². The molecular weight excluding hydrogens is 386 g/mol. The number of aromatic nitrogens is 2. The molecule has 0 spiro atoms. The lowest BCUT2D eigenvalue weighted by Gasteiger charge is -2.36. The van der Waals surface area contributed by atoms with E-state index in [0.29, 0.717) is 38.5 Å². The highest BCUT2D eigenvalue weighted by atomic mass is 32.2. The van der Waals surface area contributed by atoms with E-state index in [9.17, 15) is 18.0 Å². The maximum absolute atomic E-state index is 12.8. The Hall–Kier alpha value is -2.27. The van der Waals surface area contributed by atoms with Gasteiger partial charge in [-0.15, -0.1) is 0 Å². The lowest BCUT2D eigenvalue weighted by Crippen LogP contribution is -2.55. The van der Waals surface area contributed by atoms with Gasteiger partial charge < -0.3 is 19.4 Å². The zero-order valence-electron chi connectivity index (χ0n) is 15.9. The molecule has 0 N–H and O–H groups in total. The van der Waals surface area contributed by atoms with Gasteiger partial charge in [-0.3, -0.25) is 9.59 Å². The van der Waals surface area contributed by atoms with Crippen molar-refractivity contribution >= 4 is 27.6 Å². The molecule has 1 unspecified atom stereocenters. The number of piperazine rings is 1. The number of methoxy groups -OCH3 is 1. The molecule has 2 fully saturated rings. The first-order chi connectivity index (χ1) is 13.4. The molecule has 1 atom stereocenters. The minimum absolute atomic E-state index is 0.0400. The largest absolute Gasteiger partial charge is 0.383 e. The molecule has 3 rings (SSSR count). The average molecular weight is 411 g/mol. The van der Waals surface area contributed by atoms with Crippen LogP contribution in [0.15, 0.2) is 18.5 Å². The summed E-state index contributed by atoms with van der Waals surface area (Å²) in [5, 5.41) is 0. The second-order valence-corrected chi connectivity index (χ2v) is 9.10. The number of anilines is 1. The smallest absolute Gasteiger partial charge is 0.312 e. The van der Waals surface area contributed by atoms with Gasteiger partial charge in [0.25, 0.3) is 0 Å². The molecular formula is C17H25N5O5S. The van der Waals surface area contributed by atoms with Crippen LogP contribution in [-0.2, 0) is 24.2 Å². The number of hydrogen-bond donors (Lipinski definition) is 0. The number of carbonyl (C=O) groups excluding carboxylic acids is 2. The molecule has 11 heteroatoms. The van der Waals surface area contributed by atoms with E-state index in [-0.39, 0.29) is 24.7 Å². The molecule has 0 radical (unpaired) electrons. The number of rotatable bonds is 5. The summed E-state index contributed by atoms with van der Waals surface area (Å²) >= 11 is 0. The van der Waals surface area contributed by atoms with Crippen molar-refractivity contribution in [3.05, 3.63) is 18.5 Å². The Labute approximate surface area is 164 Å². The van der Waals surface area contributed by atoms with Gasteiger partial charge in [-0.25, -0.2) is 18.4 Å². The Morgan fingerprint density at radius 2 is 1.89 bits per heavy atom. The molecule has 0 bridgehead atoms. The Morgan fingerprint density at radius 1 is 1.21 bits per heavy atom. The predicted molar refractivity (Wildman–Crippen MR) is 101 cm³/mol. The van der Waals surface area contributed by atoms with Crippen LogP contribution in [0.3, 0.4) is 0 Å². The minimum Gasteiger partial charge on any atom is -0.383 e. The van der Waals surface area contributed by atoms with Crippen LogP contribution >= 0.6 is 0 Å². The second kappa shape index (κ2) is 8.82. The van der Waals surface area contributed by atoms with Gasteiger partial charge >= 0.3 is 11.8 Å². The second-order valence-electron chi connectivity index (χ2n) is 6.88. The Bertz CT molecular complexity index is 795. The topological polar surface area (TPSA) is 113 Å². The third-order valence-electron chi connectivity index (χ3n) is 5.03. The maximum atomic E-state index is 12.8. The minimum atomic E-state index is -3.17. The van der Waals surface area contributed by atoms with Crippen molar-refractivity contribution in [2.24, 2.45) is 0 Å². The molecule has 2 amide bonds. The van der Waals surface area contributed by atoms with Gasteiger partial charge in [0.1, 0.15) is 0 Å². The van der Waals surface area contributed by atoms with Crippen molar-refractivity contribution < 1.29 is 22.7 Å². The maximum Gasteiger partial charge on any atom is 0.312 e. The first-order valence-electron chi connectivity index (χ1n) is 9.22. The number of carbonyl (C=O) groups is 2. The molecule has 1 aromatic heterocycles. The summed E-state index contributed by atoms with van der Waals surface area (Å²) in [6.07, 6.45) is 3.67. The molecule has 28 heavy (non-hydrogen) atoms. The Balaban J connectivity index is 1.62. The van der Waals surface area contributed by atoms with Gasteiger partial charge in [0.15, 0.2) is 9.84 Å². The number of nitrogens with zero attached hydrogens (tertiary/aromatic N) is 5. The van der Waals surface area contributed by atoms with E-state index in [4.69, 9.17) is 4.74 Å². The number of hydrogen-bond acceptors (Lipinski definition) is 8. The summed E-state index contributed by atoms with van der Waals surface area (Å²) in [6, 6.07) is 1.26. The molecule has 2 aliphatic rings. The van der Waals surface area contributed by atoms with Gasteiger partial charge in [0.2, 0.25) is 5.95 Å². The summed E-state index contributed by atoms with van der Waals surface area (Å²) < 4.78 is 28.6. The first kappa shape index (κ1) is 20.5. The fourth-order valence-corrected chi connectivity index (χ4v) is 5.21. The van der Waals surface area contributed by atoms with Crippen LogP contribution in [0.1, 0.15) is 6.42 Å². The van der Waals surface area contributed by atoms with E-state index in [1.807, 2.05) is 4.90 Å². The fraction of sp³-hybridized carbons (Fsp3) is 0.647. The monoisotopic (exact) mass is 411 g/mol. The Morgan fingerprint density at radius 3 is 2.46 bits per heavy atom. The van der Waals surface area contributed by atoms with E-state index >= 15 is 0 Å². The van der Waals surface area contributed by atoms with Crippen LogP contribution in [0, 0.1) is 0 Å². The van der Waals surface area contributed by atoms with Crippen molar-refractivity contribution in [3.8, 4) is 0 Å². The van der Waals surface area contributed by atoms with E-state index in [1.165, 1.54) is 16.9 Å². The van der Waals surface area contributed by atoms with Crippen LogP contribution in [0.25, 0.3) is 0 Å². The van der Waals surface area contributed by atoms with Crippen LogP contribution < -0.4 is 4.90 Å². The first-order valence-corrected chi connectivity index (χ1v) is 11.0. The molecule has 0 saturated carbocycles. The molecule has 154 valence electrons. The van der Waals surface area contributed by atoms with Crippen molar-refractivity contribution in [3.63, 3.8) is 0 Å². The van der Waals surface area contributed by atoms with E-state index in [2.05, 4.69) is 9.97 Å². The van der Waals surface area contributed by atoms with Crippen molar-refractivity contribution in [1.29, 1.82) is 0 Å². The van der Waals surface area contributed by atoms with Crippen molar-refractivity contribution in [1.82, 2.24) is 19.8 Å². The summed E-state index contributed by atoms with van der Waals surface area (Å²) in [4.78, 5) is 38.8. The van der Waals surface area contributed by atoms with Crippen molar-refractivity contribution in [2.45, 2.75) is 12.5 Å². The lowest BCUT2D eigenvalue weighted by atomic mass is 10.2. The standard InChI is InChI=1S/C17H25N5O5S/c1-27-11-10-22(14-3-12-28(25,26)13-14)16(24)15(23)20-6-8-21(9-7-20)17-18-4-2-5-19-17/h2,4-5,14H,3,6-13H2,1H3. The number of ether oxygens (including phenoxy) is 1. The Kier molecular flexibility index (Phi) is 6.45. The van der Waals surface area contributed by atoms with Gasteiger partial charge in [0, 0.05) is 58.3 Å². The highest BCUT2D eigenvalue weighted by Crippen LogP contribution is 2.19. The van der Waals surface area contributed by atoms with Crippen LogP contribution in [0.5, 0.6) is 0 Å². The number of sulfone groups is 1. The molecule has 0 aliphatic carbocycles. The zero-order chi connectivity index (χ0) is 20.1. The molecule has 1 aromatic rings.